The van der Waals surface area contributed by atoms with Crippen molar-refractivity contribution < 1.29 is 38.1 Å². The number of ether oxygens (including phenoxy) is 4. The molecule has 0 bridgehead atoms. The number of nitrogens with zero attached hydrogens (tertiary/aromatic N) is 2. The van der Waals surface area contributed by atoms with Gasteiger partial charge in [-0.2, -0.15) is 0 Å². The van der Waals surface area contributed by atoms with Crippen LogP contribution in [-0.4, -0.2) is 66.5 Å². The average Bonchev–Trinajstić information content (AvgIpc) is 3.66. The molecule has 1 saturated heterocycles. The summed E-state index contributed by atoms with van der Waals surface area (Å²) in [6, 6.07) is 32.1. The Balaban J connectivity index is 1.08. The first-order valence-corrected chi connectivity index (χ1v) is 16.1. The van der Waals surface area contributed by atoms with Crippen LogP contribution in [0.5, 0.6) is 0 Å². The Hall–Kier alpha value is -6.40. The molecule has 1 fully saturated rings. The fraction of sp³-hybridized carbons (Fsp3) is 0.179. The fourth-order valence-corrected chi connectivity index (χ4v) is 4.91. The smallest absolute Gasteiger partial charge is 0.413 e. The van der Waals surface area contributed by atoms with Gasteiger partial charge in [0.2, 0.25) is 11.8 Å². The quantitative estimate of drug-likeness (QED) is 0.0872. The Bertz CT molecular complexity index is 1800. The van der Waals surface area contributed by atoms with Crippen LogP contribution in [0.2, 0.25) is 0 Å². The van der Waals surface area contributed by atoms with Crippen LogP contribution in [0, 0.1) is 0 Å². The third kappa shape index (κ3) is 11.1. The highest BCUT2D eigenvalue weighted by molar-refractivity contribution is 5.97. The van der Waals surface area contributed by atoms with Gasteiger partial charge in [-0.3, -0.25) is 19.4 Å². The predicted molar refractivity (Wildman–Crippen MR) is 192 cm³/mol. The molecule has 0 radical (unpaired) electrons. The van der Waals surface area contributed by atoms with E-state index in [0.717, 1.165) is 27.2 Å². The van der Waals surface area contributed by atoms with Gasteiger partial charge in [0.1, 0.15) is 32.5 Å². The second kappa shape index (κ2) is 18.4. The lowest BCUT2D eigenvalue weighted by Crippen LogP contribution is -2.44. The third-order valence-corrected chi connectivity index (χ3v) is 7.61. The van der Waals surface area contributed by atoms with E-state index in [1.807, 2.05) is 97.1 Å². The maximum absolute atomic E-state index is 13.0. The zero-order chi connectivity index (χ0) is 35.8. The van der Waals surface area contributed by atoms with Gasteiger partial charge < -0.3 is 29.6 Å². The maximum Gasteiger partial charge on any atom is 0.413 e. The number of nitrogens with one attached hydrogen (secondary N) is 2. The second-order valence-corrected chi connectivity index (χ2v) is 11.3. The molecule has 262 valence electrons. The second-order valence-electron chi connectivity index (χ2n) is 11.3. The van der Waals surface area contributed by atoms with E-state index in [4.69, 9.17) is 18.9 Å². The van der Waals surface area contributed by atoms with Crippen molar-refractivity contribution in [3.63, 3.8) is 0 Å². The molecule has 51 heavy (non-hydrogen) atoms. The number of anilines is 2. The largest absolute Gasteiger partial charge is 0.481 e. The SMILES string of the molecule is C=COCN(CC(=O)Nc1ccc(/C=C/c2ccc(NC(=O)[C@@H]3COCN3C(=O)OCc3ccccc3)cc2)cc1)C(=O)OCc1ccccc1. The summed E-state index contributed by atoms with van der Waals surface area (Å²) in [5.74, 6) is -0.800. The number of carbonyl (C=O) groups is 4. The molecule has 1 aliphatic rings. The molecule has 4 aromatic rings. The van der Waals surface area contributed by atoms with Gasteiger partial charge in [-0.25, -0.2) is 9.59 Å². The molecule has 0 aliphatic carbocycles. The fourth-order valence-electron chi connectivity index (χ4n) is 4.91. The van der Waals surface area contributed by atoms with Crippen molar-refractivity contribution >= 4 is 47.5 Å². The summed E-state index contributed by atoms with van der Waals surface area (Å²) < 4.78 is 21.2. The normalized spacial score (nSPS) is 13.6. The van der Waals surface area contributed by atoms with E-state index >= 15 is 0 Å². The molecule has 5 rings (SSSR count). The lowest BCUT2D eigenvalue weighted by Gasteiger charge is -2.21. The standard InChI is InChI=1S/C39H38N4O8/c1-2-48-27-42(38(46)50-24-31-9-5-3-6-10-31)23-36(44)40-33-19-15-29(16-20-33)13-14-30-17-21-34(22-18-30)41-37(45)35-26-49-28-43(35)39(47)51-25-32-11-7-4-8-12-32/h2-22,35H,1,23-28H2,(H,40,44)(H,41,45)/b14-13+/t35-/m0/s1. The molecule has 0 saturated carbocycles. The molecule has 1 aliphatic heterocycles. The van der Waals surface area contributed by atoms with E-state index in [1.165, 1.54) is 11.2 Å². The van der Waals surface area contributed by atoms with E-state index in [1.54, 1.807) is 24.3 Å². The molecule has 1 heterocycles. The zero-order valence-electron chi connectivity index (χ0n) is 27.8. The van der Waals surface area contributed by atoms with Gasteiger partial charge >= 0.3 is 12.2 Å². The molecular weight excluding hydrogens is 652 g/mol. The minimum absolute atomic E-state index is 0.0288. The van der Waals surface area contributed by atoms with Crippen LogP contribution in [0.25, 0.3) is 12.2 Å². The van der Waals surface area contributed by atoms with Crippen LogP contribution in [0.4, 0.5) is 21.0 Å². The Morgan fingerprint density at radius 1 is 0.765 bits per heavy atom. The molecule has 1 atom stereocenters. The van der Waals surface area contributed by atoms with E-state index in [9.17, 15) is 19.2 Å². The monoisotopic (exact) mass is 690 g/mol. The van der Waals surface area contributed by atoms with Crippen molar-refractivity contribution in [1.82, 2.24) is 9.80 Å². The molecule has 2 N–H and O–H groups in total. The van der Waals surface area contributed by atoms with Crippen molar-refractivity contribution in [2.45, 2.75) is 19.3 Å². The summed E-state index contributed by atoms with van der Waals surface area (Å²) in [5.41, 5.74) is 4.56. The van der Waals surface area contributed by atoms with Crippen molar-refractivity contribution in [3.8, 4) is 0 Å². The molecule has 12 heteroatoms. The van der Waals surface area contributed by atoms with Crippen molar-refractivity contribution in [1.29, 1.82) is 0 Å². The van der Waals surface area contributed by atoms with Gasteiger partial charge in [0.05, 0.1) is 12.9 Å². The summed E-state index contributed by atoms with van der Waals surface area (Å²) >= 11 is 0. The number of hydrogen-bond donors (Lipinski definition) is 2. The van der Waals surface area contributed by atoms with Crippen LogP contribution < -0.4 is 10.6 Å². The van der Waals surface area contributed by atoms with Crippen LogP contribution >= 0.6 is 0 Å². The van der Waals surface area contributed by atoms with E-state index < -0.39 is 24.1 Å². The highest BCUT2D eigenvalue weighted by atomic mass is 16.6. The molecular formula is C39H38N4O8. The van der Waals surface area contributed by atoms with E-state index in [-0.39, 0.29) is 45.7 Å². The van der Waals surface area contributed by atoms with E-state index in [0.29, 0.717) is 11.4 Å². The first kappa shape index (κ1) is 35.9. The third-order valence-electron chi connectivity index (χ3n) is 7.61. The summed E-state index contributed by atoms with van der Waals surface area (Å²) in [4.78, 5) is 53.4. The number of benzene rings is 4. The Kier molecular flexibility index (Phi) is 12.9. The van der Waals surface area contributed by atoms with Gasteiger partial charge in [-0.05, 0) is 46.5 Å². The Morgan fingerprint density at radius 3 is 1.88 bits per heavy atom. The lowest BCUT2D eigenvalue weighted by atomic mass is 10.1. The first-order valence-electron chi connectivity index (χ1n) is 16.1. The first-order chi connectivity index (χ1) is 24.9. The Labute approximate surface area is 295 Å². The summed E-state index contributed by atoms with van der Waals surface area (Å²) in [6.45, 7) is 3.21. The minimum Gasteiger partial charge on any atom is -0.481 e. The van der Waals surface area contributed by atoms with Gasteiger partial charge in [0, 0.05) is 11.4 Å². The summed E-state index contributed by atoms with van der Waals surface area (Å²) in [6.07, 6.45) is 3.69. The van der Waals surface area contributed by atoms with Gasteiger partial charge in [-0.1, -0.05) is 104 Å². The number of amides is 4. The average molecular weight is 691 g/mol. The molecule has 0 unspecified atom stereocenters. The number of carbonyl (C=O) groups excluding carboxylic acids is 4. The molecule has 0 aromatic heterocycles. The summed E-state index contributed by atoms with van der Waals surface area (Å²) in [7, 11) is 0. The van der Waals surface area contributed by atoms with Crippen LogP contribution in [0.15, 0.2) is 122 Å². The number of hydrogen-bond acceptors (Lipinski definition) is 8. The van der Waals surface area contributed by atoms with Gasteiger partial charge in [0.25, 0.3) is 0 Å². The highest BCUT2D eigenvalue weighted by Gasteiger charge is 2.36. The van der Waals surface area contributed by atoms with E-state index in [2.05, 4.69) is 17.2 Å². The topological polar surface area (TPSA) is 136 Å². The molecule has 0 spiro atoms. The van der Waals surface area contributed by atoms with Crippen LogP contribution in [0.3, 0.4) is 0 Å². The minimum atomic E-state index is -0.813. The van der Waals surface area contributed by atoms with Crippen LogP contribution in [-0.2, 0) is 41.8 Å². The zero-order valence-corrected chi connectivity index (χ0v) is 27.8. The van der Waals surface area contributed by atoms with Crippen LogP contribution in [0.1, 0.15) is 22.3 Å². The van der Waals surface area contributed by atoms with Crippen molar-refractivity contribution in [2.24, 2.45) is 0 Å². The highest BCUT2D eigenvalue weighted by Crippen LogP contribution is 2.18. The molecule has 4 aromatic carbocycles. The van der Waals surface area contributed by atoms with Crippen molar-refractivity contribution in [3.05, 3.63) is 144 Å². The lowest BCUT2D eigenvalue weighted by molar-refractivity contribution is -0.120. The molecule has 12 nitrogen and oxygen atoms in total. The Morgan fingerprint density at radius 2 is 1.31 bits per heavy atom. The van der Waals surface area contributed by atoms with Gasteiger partial charge in [0.15, 0.2) is 6.73 Å². The van der Waals surface area contributed by atoms with Crippen molar-refractivity contribution in [2.75, 3.05) is 37.2 Å². The molecule has 4 amide bonds. The number of rotatable bonds is 14. The predicted octanol–water partition coefficient (Wildman–Crippen LogP) is 6.49. The maximum atomic E-state index is 13.0. The summed E-state index contributed by atoms with van der Waals surface area (Å²) in [5, 5.41) is 5.62. The van der Waals surface area contributed by atoms with Gasteiger partial charge in [-0.15, -0.1) is 0 Å².